The number of nitrogens with zero attached hydrogens (tertiary/aromatic N) is 2. The molecule has 0 fully saturated rings. The van der Waals surface area contributed by atoms with Crippen LogP contribution in [0.1, 0.15) is 5.56 Å². The number of methoxy groups -OCH3 is 1. The third-order valence-electron chi connectivity index (χ3n) is 1.19. The lowest BCUT2D eigenvalue weighted by molar-refractivity contribution is 0.118. The highest BCUT2D eigenvalue weighted by atomic mass is 79.9. The van der Waals surface area contributed by atoms with Crippen LogP contribution < -0.4 is 0 Å². The van der Waals surface area contributed by atoms with Crippen molar-refractivity contribution in [2.75, 3.05) is 7.11 Å². The lowest BCUT2D eigenvalue weighted by Gasteiger charge is -1.99. The maximum atomic E-state index is 4.89. The van der Waals surface area contributed by atoms with E-state index in [1.54, 1.807) is 18.0 Å². The van der Waals surface area contributed by atoms with Crippen LogP contribution in [0.3, 0.4) is 0 Å². The first-order chi connectivity index (χ1) is 4.75. The lowest BCUT2D eigenvalue weighted by Crippen LogP contribution is -2.01. The Morgan fingerprint density at radius 3 is 2.90 bits per heavy atom. The van der Waals surface area contributed by atoms with Gasteiger partial charge in [-0.05, 0) is 22.9 Å². The minimum absolute atomic E-state index is 0.494. The number of halogens is 1. The van der Waals surface area contributed by atoms with Crippen molar-refractivity contribution in [3.63, 3.8) is 0 Å². The largest absolute Gasteiger partial charge is 0.362 e. The SMILES string of the molecule is COCn1ncc(C)c1Br. The minimum Gasteiger partial charge on any atom is -0.362 e. The summed E-state index contributed by atoms with van der Waals surface area (Å²) in [6, 6.07) is 0. The number of rotatable bonds is 2. The van der Waals surface area contributed by atoms with Crippen molar-refractivity contribution >= 4 is 15.9 Å². The molecule has 0 N–H and O–H groups in total. The van der Waals surface area contributed by atoms with E-state index in [0.29, 0.717) is 6.73 Å². The molecule has 10 heavy (non-hydrogen) atoms. The summed E-state index contributed by atoms with van der Waals surface area (Å²) >= 11 is 3.37. The zero-order valence-corrected chi connectivity index (χ0v) is 7.55. The van der Waals surface area contributed by atoms with E-state index in [1.807, 2.05) is 6.92 Å². The number of hydrogen-bond acceptors (Lipinski definition) is 2. The smallest absolute Gasteiger partial charge is 0.140 e. The molecule has 3 nitrogen and oxygen atoms in total. The van der Waals surface area contributed by atoms with Crippen molar-refractivity contribution in [2.24, 2.45) is 0 Å². The molecule has 0 saturated heterocycles. The van der Waals surface area contributed by atoms with Gasteiger partial charge in [-0.3, -0.25) is 0 Å². The Hall–Kier alpha value is -0.350. The molecule has 0 radical (unpaired) electrons. The molecule has 0 aromatic carbocycles. The Bertz CT molecular complexity index is 222. The Balaban J connectivity index is 2.83. The molecule has 0 aliphatic heterocycles. The highest BCUT2D eigenvalue weighted by Crippen LogP contribution is 2.13. The number of hydrogen-bond donors (Lipinski definition) is 0. The summed E-state index contributed by atoms with van der Waals surface area (Å²) in [5.74, 6) is 0. The Morgan fingerprint density at radius 2 is 2.50 bits per heavy atom. The van der Waals surface area contributed by atoms with Crippen molar-refractivity contribution in [1.29, 1.82) is 0 Å². The second-order valence-corrected chi connectivity index (χ2v) is 2.79. The average molecular weight is 205 g/mol. The van der Waals surface area contributed by atoms with Crippen molar-refractivity contribution in [3.8, 4) is 0 Å². The third kappa shape index (κ3) is 1.38. The van der Waals surface area contributed by atoms with Crippen LogP contribution in [0.15, 0.2) is 10.8 Å². The van der Waals surface area contributed by atoms with Gasteiger partial charge in [0.2, 0.25) is 0 Å². The molecular formula is C6H9BrN2O. The first kappa shape index (κ1) is 7.75. The fourth-order valence-corrected chi connectivity index (χ4v) is 0.972. The maximum Gasteiger partial charge on any atom is 0.140 e. The van der Waals surface area contributed by atoms with Gasteiger partial charge in [-0.2, -0.15) is 5.10 Å². The van der Waals surface area contributed by atoms with E-state index in [9.17, 15) is 0 Å². The molecule has 0 amide bonds. The molecule has 56 valence electrons. The summed E-state index contributed by atoms with van der Waals surface area (Å²) in [7, 11) is 1.64. The van der Waals surface area contributed by atoms with Crippen molar-refractivity contribution in [3.05, 3.63) is 16.4 Å². The Morgan fingerprint density at radius 1 is 1.80 bits per heavy atom. The molecular weight excluding hydrogens is 196 g/mol. The monoisotopic (exact) mass is 204 g/mol. The second-order valence-electron chi connectivity index (χ2n) is 2.04. The van der Waals surface area contributed by atoms with Gasteiger partial charge in [-0.15, -0.1) is 0 Å². The highest BCUT2D eigenvalue weighted by molar-refractivity contribution is 9.10. The van der Waals surface area contributed by atoms with Gasteiger partial charge in [0, 0.05) is 12.7 Å². The van der Waals surface area contributed by atoms with E-state index >= 15 is 0 Å². The third-order valence-corrected chi connectivity index (χ3v) is 2.23. The summed E-state index contributed by atoms with van der Waals surface area (Å²) in [6.45, 7) is 2.48. The molecule has 0 aliphatic carbocycles. The first-order valence-electron chi connectivity index (χ1n) is 2.92. The standard InChI is InChI=1S/C6H9BrN2O/c1-5-3-8-9(4-10-2)6(5)7/h3H,4H2,1-2H3. The van der Waals surface area contributed by atoms with Crippen molar-refractivity contribution in [1.82, 2.24) is 9.78 Å². The van der Waals surface area contributed by atoms with E-state index < -0.39 is 0 Å². The summed E-state index contributed by atoms with van der Waals surface area (Å²) in [4.78, 5) is 0. The van der Waals surface area contributed by atoms with Gasteiger partial charge in [0.25, 0.3) is 0 Å². The predicted molar refractivity (Wildman–Crippen MR) is 41.7 cm³/mol. The van der Waals surface area contributed by atoms with Gasteiger partial charge >= 0.3 is 0 Å². The zero-order valence-electron chi connectivity index (χ0n) is 5.97. The highest BCUT2D eigenvalue weighted by Gasteiger charge is 2.01. The molecule has 1 aromatic rings. The van der Waals surface area contributed by atoms with Crippen LogP contribution in [0, 0.1) is 6.92 Å². The lowest BCUT2D eigenvalue weighted by atomic mass is 10.4. The molecule has 1 rings (SSSR count). The van der Waals surface area contributed by atoms with E-state index in [0.717, 1.165) is 10.2 Å². The predicted octanol–water partition coefficient (Wildman–Crippen LogP) is 1.56. The number of ether oxygens (including phenoxy) is 1. The van der Waals surface area contributed by atoms with Crippen LogP contribution in [0.5, 0.6) is 0 Å². The molecule has 0 bridgehead atoms. The van der Waals surface area contributed by atoms with E-state index in [-0.39, 0.29) is 0 Å². The normalized spacial score (nSPS) is 10.3. The van der Waals surface area contributed by atoms with Crippen molar-refractivity contribution < 1.29 is 4.74 Å². The molecule has 1 aromatic heterocycles. The van der Waals surface area contributed by atoms with Crippen LogP contribution in [0.4, 0.5) is 0 Å². The Labute approximate surface area is 68.1 Å². The summed E-state index contributed by atoms with van der Waals surface area (Å²) < 4.78 is 7.62. The van der Waals surface area contributed by atoms with E-state index in [4.69, 9.17) is 4.74 Å². The van der Waals surface area contributed by atoms with Gasteiger partial charge in [0.1, 0.15) is 11.3 Å². The number of aromatic nitrogens is 2. The topological polar surface area (TPSA) is 27.1 Å². The summed E-state index contributed by atoms with van der Waals surface area (Å²) in [5, 5.41) is 4.05. The van der Waals surface area contributed by atoms with Gasteiger partial charge in [-0.1, -0.05) is 0 Å². The maximum absolute atomic E-state index is 4.89. The van der Waals surface area contributed by atoms with Gasteiger partial charge < -0.3 is 4.74 Å². The first-order valence-corrected chi connectivity index (χ1v) is 3.72. The average Bonchev–Trinajstić information content (AvgIpc) is 2.20. The summed E-state index contributed by atoms with van der Waals surface area (Å²) in [5.41, 5.74) is 1.12. The van der Waals surface area contributed by atoms with Crippen LogP contribution in [-0.2, 0) is 11.5 Å². The van der Waals surface area contributed by atoms with Crippen LogP contribution in [0.2, 0.25) is 0 Å². The summed E-state index contributed by atoms with van der Waals surface area (Å²) in [6.07, 6.45) is 1.79. The molecule has 1 heterocycles. The fraction of sp³-hybridized carbons (Fsp3) is 0.500. The molecule has 0 unspecified atom stereocenters. The molecule has 0 saturated carbocycles. The van der Waals surface area contributed by atoms with Crippen LogP contribution in [-0.4, -0.2) is 16.9 Å². The van der Waals surface area contributed by atoms with E-state index in [2.05, 4.69) is 21.0 Å². The van der Waals surface area contributed by atoms with E-state index in [1.165, 1.54) is 0 Å². The van der Waals surface area contributed by atoms with Gasteiger partial charge in [0.05, 0.1) is 6.20 Å². The quantitative estimate of drug-likeness (QED) is 0.732. The van der Waals surface area contributed by atoms with Crippen molar-refractivity contribution in [2.45, 2.75) is 13.7 Å². The van der Waals surface area contributed by atoms with Gasteiger partial charge in [0.15, 0.2) is 0 Å². The minimum atomic E-state index is 0.494. The van der Waals surface area contributed by atoms with Crippen LogP contribution in [0.25, 0.3) is 0 Å². The van der Waals surface area contributed by atoms with Gasteiger partial charge in [-0.25, -0.2) is 4.68 Å². The second kappa shape index (κ2) is 3.16. The molecule has 4 heteroatoms. The molecule has 0 aliphatic rings. The Kier molecular flexibility index (Phi) is 2.45. The molecule has 0 atom stereocenters. The molecule has 0 spiro atoms. The number of aryl methyl sites for hydroxylation is 1. The van der Waals surface area contributed by atoms with Crippen LogP contribution >= 0.6 is 15.9 Å². The fourth-order valence-electron chi connectivity index (χ4n) is 0.676. The zero-order chi connectivity index (χ0) is 7.56.